The first-order valence-electron chi connectivity index (χ1n) is 8.76. The number of benzene rings is 2. The van der Waals surface area contributed by atoms with Crippen LogP contribution in [0.25, 0.3) is 10.8 Å². The maximum atomic E-state index is 12.9. The van der Waals surface area contributed by atoms with E-state index in [4.69, 9.17) is 5.73 Å². The van der Waals surface area contributed by atoms with E-state index in [-0.39, 0.29) is 5.91 Å². The van der Waals surface area contributed by atoms with Gasteiger partial charge in [0, 0.05) is 17.6 Å². The van der Waals surface area contributed by atoms with E-state index in [1.54, 1.807) is 0 Å². The zero-order valence-electron chi connectivity index (χ0n) is 13.4. The first-order valence-corrected chi connectivity index (χ1v) is 8.76. The van der Waals surface area contributed by atoms with Gasteiger partial charge in [0.15, 0.2) is 0 Å². The van der Waals surface area contributed by atoms with Crippen LogP contribution in [0.15, 0.2) is 42.5 Å². The number of rotatable bonds is 2. The van der Waals surface area contributed by atoms with Crippen LogP contribution in [0.1, 0.15) is 42.5 Å². The number of amides is 1. The normalized spacial score (nSPS) is 30.1. The van der Waals surface area contributed by atoms with E-state index < -0.39 is 0 Å². The summed E-state index contributed by atoms with van der Waals surface area (Å²) >= 11 is 0. The van der Waals surface area contributed by atoms with Crippen molar-refractivity contribution in [3.8, 4) is 0 Å². The molecule has 0 radical (unpaired) electrons. The van der Waals surface area contributed by atoms with Crippen LogP contribution in [0.3, 0.4) is 0 Å². The van der Waals surface area contributed by atoms with Crippen LogP contribution in [0, 0.1) is 11.8 Å². The monoisotopic (exact) mass is 308 g/mol. The molecule has 0 aromatic heterocycles. The first-order chi connectivity index (χ1) is 11.2. The fraction of sp³-hybridized carbons (Fsp3) is 0.450. The highest BCUT2D eigenvalue weighted by Crippen LogP contribution is 2.39. The number of nitrogens with one attached hydrogen (secondary N) is 1. The zero-order valence-corrected chi connectivity index (χ0v) is 13.4. The summed E-state index contributed by atoms with van der Waals surface area (Å²) < 4.78 is 0. The Bertz CT molecular complexity index is 707. The van der Waals surface area contributed by atoms with E-state index in [0.717, 1.165) is 29.2 Å². The van der Waals surface area contributed by atoms with E-state index >= 15 is 0 Å². The third kappa shape index (κ3) is 2.74. The Morgan fingerprint density at radius 1 is 1.00 bits per heavy atom. The van der Waals surface area contributed by atoms with E-state index in [1.807, 2.05) is 30.3 Å². The molecule has 0 aliphatic heterocycles. The quantitative estimate of drug-likeness (QED) is 0.892. The van der Waals surface area contributed by atoms with Gasteiger partial charge in [-0.15, -0.1) is 0 Å². The highest BCUT2D eigenvalue weighted by atomic mass is 16.1. The molecule has 3 N–H and O–H groups in total. The van der Waals surface area contributed by atoms with Crippen LogP contribution in [0.5, 0.6) is 0 Å². The molecule has 2 aliphatic rings. The highest BCUT2D eigenvalue weighted by Gasteiger charge is 2.40. The summed E-state index contributed by atoms with van der Waals surface area (Å²) in [4.78, 5) is 12.9. The first kappa shape index (κ1) is 14.7. The van der Waals surface area contributed by atoms with Crippen LogP contribution in [0.2, 0.25) is 0 Å². The predicted molar refractivity (Wildman–Crippen MR) is 93.2 cm³/mol. The molecule has 0 saturated heterocycles. The van der Waals surface area contributed by atoms with Crippen LogP contribution < -0.4 is 11.1 Å². The maximum Gasteiger partial charge on any atom is 0.252 e. The summed E-state index contributed by atoms with van der Waals surface area (Å²) in [7, 11) is 0. The van der Waals surface area contributed by atoms with E-state index in [9.17, 15) is 4.79 Å². The molecule has 3 nitrogen and oxygen atoms in total. The second kappa shape index (κ2) is 5.97. The molecule has 3 heteroatoms. The molecule has 2 atom stereocenters. The third-order valence-electron chi connectivity index (χ3n) is 5.71. The van der Waals surface area contributed by atoms with Gasteiger partial charge in [-0.3, -0.25) is 4.79 Å². The smallest absolute Gasteiger partial charge is 0.252 e. The summed E-state index contributed by atoms with van der Waals surface area (Å²) in [5, 5.41) is 5.50. The van der Waals surface area contributed by atoms with Crippen molar-refractivity contribution in [1.82, 2.24) is 5.32 Å². The molecular weight excluding hydrogens is 284 g/mol. The van der Waals surface area contributed by atoms with Crippen molar-refractivity contribution >= 4 is 16.7 Å². The zero-order chi connectivity index (χ0) is 15.8. The van der Waals surface area contributed by atoms with Crippen molar-refractivity contribution in [3.05, 3.63) is 48.0 Å². The van der Waals surface area contributed by atoms with Crippen LogP contribution in [0.4, 0.5) is 0 Å². The Balaban J connectivity index is 1.60. The lowest BCUT2D eigenvalue weighted by Gasteiger charge is -2.45. The molecule has 2 bridgehead atoms. The van der Waals surface area contributed by atoms with Gasteiger partial charge in [0.1, 0.15) is 0 Å². The van der Waals surface area contributed by atoms with Gasteiger partial charge in [0.2, 0.25) is 0 Å². The Morgan fingerprint density at radius 2 is 1.70 bits per heavy atom. The Hall–Kier alpha value is -1.87. The molecule has 1 amide bonds. The lowest BCUT2D eigenvalue weighted by molar-refractivity contribution is 0.0757. The summed E-state index contributed by atoms with van der Waals surface area (Å²) in [6, 6.07) is 14.7. The number of nitrogens with two attached hydrogens (primary N) is 1. The lowest BCUT2D eigenvalue weighted by Crippen LogP contribution is -2.53. The van der Waals surface area contributed by atoms with Crippen molar-refractivity contribution < 1.29 is 4.79 Å². The summed E-state index contributed by atoms with van der Waals surface area (Å²) in [6.07, 6.45) is 5.78. The number of fused-ring (bicyclic) bond motifs is 3. The minimum Gasteiger partial charge on any atom is -0.349 e. The maximum absolute atomic E-state index is 12.9. The molecule has 2 unspecified atom stereocenters. The Morgan fingerprint density at radius 3 is 2.48 bits per heavy atom. The molecule has 4 rings (SSSR count). The van der Waals surface area contributed by atoms with Crippen LogP contribution >= 0.6 is 0 Å². The highest BCUT2D eigenvalue weighted by molar-refractivity contribution is 6.07. The van der Waals surface area contributed by atoms with Gasteiger partial charge in [0.25, 0.3) is 5.91 Å². The van der Waals surface area contributed by atoms with E-state index in [2.05, 4.69) is 17.4 Å². The standard InChI is InChI=1S/C20H24N2O/c21-16-11-14-7-3-8-15(12-16)19(14)22-20(23)18-10-4-6-13-5-1-2-9-17(13)18/h1-2,4-6,9-10,14-16,19H,3,7-8,11-12,21H2,(H,22,23). The minimum atomic E-state index is 0.0687. The van der Waals surface area contributed by atoms with Gasteiger partial charge in [-0.25, -0.2) is 0 Å². The molecular formula is C20H24N2O. The summed E-state index contributed by atoms with van der Waals surface area (Å²) in [6.45, 7) is 0. The van der Waals surface area contributed by atoms with Gasteiger partial charge >= 0.3 is 0 Å². The molecule has 2 fully saturated rings. The van der Waals surface area contributed by atoms with Gasteiger partial charge < -0.3 is 11.1 Å². The molecule has 2 aromatic rings. The molecule has 0 spiro atoms. The van der Waals surface area contributed by atoms with Gasteiger partial charge in [-0.1, -0.05) is 42.8 Å². The SMILES string of the molecule is NC1CC2CCCC(C1)C2NC(=O)c1cccc2ccccc12. The Kier molecular flexibility index (Phi) is 3.82. The summed E-state index contributed by atoms with van der Waals surface area (Å²) in [5.41, 5.74) is 6.98. The van der Waals surface area contributed by atoms with Crippen LogP contribution in [-0.2, 0) is 0 Å². The largest absolute Gasteiger partial charge is 0.349 e. The minimum absolute atomic E-state index is 0.0687. The lowest BCUT2D eigenvalue weighted by atomic mass is 9.67. The number of carbonyl (C=O) groups excluding carboxylic acids is 1. The van der Waals surface area contributed by atoms with Gasteiger partial charge in [-0.05, 0) is 54.4 Å². The van der Waals surface area contributed by atoms with E-state index in [0.29, 0.717) is 23.9 Å². The van der Waals surface area contributed by atoms with Crippen molar-refractivity contribution in [1.29, 1.82) is 0 Å². The van der Waals surface area contributed by atoms with Gasteiger partial charge in [-0.2, -0.15) is 0 Å². The fourth-order valence-corrected chi connectivity index (χ4v) is 4.68. The van der Waals surface area contributed by atoms with Crippen molar-refractivity contribution in [2.45, 2.75) is 44.2 Å². The fourth-order valence-electron chi connectivity index (χ4n) is 4.68. The molecule has 23 heavy (non-hydrogen) atoms. The van der Waals surface area contributed by atoms with Crippen molar-refractivity contribution in [2.24, 2.45) is 17.6 Å². The number of carbonyl (C=O) groups is 1. The third-order valence-corrected chi connectivity index (χ3v) is 5.71. The van der Waals surface area contributed by atoms with E-state index in [1.165, 1.54) is 19.3 Å². The molecule has 2 aromatic carbocycles. The van der Waals surface area contributed by atoms with Crippen molar-refractivity contribution in [2.75, 3.05) is 0 Å². The summed E-state index contributed by atoms with van der Waals surface area (Å²) in [5.74, 6) is 1.17. The van der Waals surface area contributed by atoms with Gasteiger partial charge in [0.05, 0.1) is 0 Å². The van der Waals surface area contributed by atoms with Crippen LogP contribution in [-0.4, -0.2) is 18.0 Å². The second-order valence-electron chi connectivity index (χ2n) is 7.21. The molecule has 120 valence electrons. The average molecular weight is 308 g/mol. The number of hydrogen-bond donors (Lipinski definition) is 2. The number of hydrogen-bond acceptors (Lipinski definition) is 2. The Labute approximate surface area is 137 Å². The molecule has 2 saturated carbocycles. The molecule has 2 aliphatic carbocycles. The molecule has 0 heterocycles. The average Bonchev–Trinajstić information content (AvgIpc) is 2.55. The predicted octanol–water partition coefficient (Wildman–Crippen LogP) is 3.48. The van der Waals surface area contributed by atoms with Crippen molar-refractivity contribution in [3.63, 3.8) is 0 Å². The second-order valence-corrected chi connectivity index (χ2v) is 7.21. The topological polar surface area (TPSA) is 55.1 Å².